The number of aromatic nitrogens is 2. The Morgan fingerprint density at radius 1 is 1.00 bits per heavy atom. The van der Waals surface area contributed by atoms with Crippen molar-refractivity contribution >= 4 is 5.91 Å². The lowest BCUT2D eigenvalue weighted by Gasteiger charge is -2.22. The second-order valence-electron chi connectivity index (χ2n) is 7.06. The highest BCUT2D eigenvalue weighted by molar-refractivity contribution is 5.92. The van der Waals surface area contributed by atoms with Gasteiger partial charge in [0.15, 0.2) is 5.69 Å². The van der Waals surface area contributed by atoms with E-state index >= 15 is 0 Å². The van der Waals surface area contributed by atoms with Crippen LogP contribution in [0, 0.1) is 6.92 Å². The minimum Gasteiger partial charge on any atom is -0.467 e. The SMILES string of the molecule is Cc1cc(C(=O)N(Cc2ccco2)Cc2ccccc2-c2ccccc2)nn1C. The van der Waals surface area contributed by atoms with Crippen LogP contribution in [-0.4, -0.2) is 20.6 Å². The number of benzene rings is 2. The quantitative estimate of drug-likeness (QED) is 0.478. The molecule has 0 unspecified atom stereocenters. The highest BCUT2D eigenvalue weighted by Gasteiger charge is 2.22. The van der Waals surface area contributed by atoms with Crippen LogP contribution in [0.15, 0.2) is 83.5 Å². The fourth-order valence-electron chi connectivity index (χ4n) is 3.38. The summed E-state index contributed by atoms with van der Waals surface area (Å²) in [5, 5.41) is 4.38. The van der Waals surface area contributed by atoms with Gasteiger partial charge in [0, 0.05) is 19.3 Å². The molecule has 0 aliphatic heterocycles. The fraction of sp³-hybridized carbons (Fsp3) is 0.167. The minimum atomic E-state index is -0.118. The zero-order valence-corrected chi connectivity index (χ0v) is 16.6. The second kappa shape index (κ2) is 8.19. The molecule has 0 atom stereocenters. The number of aryl methyl sites for hydroxylation is 2. The number of rotatable bonds is 6. The van der Waals surface area contributed by atoms with E-state index in [0.717, 1.165) is 28.1 Å². The van der Waals surface area contributed by atoms with E-state index < -0.39 is 0 Å². The Morgan fingerprint density at radius 2 is 1.76 bits per heavy atom. The average molecular weight is 385 g/mol. The number of carbonyl (C=O) groups is 1. The van der Waals surface area contributed by atoms with Crippen molar-refractivity contribution in [3.05, 3.63) is 102 Å². The number of furan rings is 1. The van der Waals surface area contributed by atoms with Gasteiger partial charge in [-0.3, -0.25) is 9.48 Å². The molecule has 2 aromatic heterocycles. The van der Waals surface area contributed by atoms with E-state index in [2.05, 4.69) is 29.4 Å². The predicted molar refractivity (Wildman–Crippen MR) is 112 cm³/mol. The Kier molecular flexibility index (Phi) is 5.29. The van der Waals surface area contributed by atoms with E-state index in [1.165, 1.54) is 0 Å². The van der Waals surface area contributed by atoms with Crippen molar-refractivity contribution in [2.24, 2.45) is 7.05 Å². The molecule has 0 aliphatic carbocycles. The highest BCUT2D eigenvalue weighted by atomic mass is 16.3. The third-order valence-corrected chi connectivity index (χ3v) is 5.01. The molecule has 0 fully saturated rings. The van der Waals surface area contributed by atoms with Crippen LogP contribution < -0.4 is 0 Å². The Hall–Kier alpha value is -3.60. The summed E-state index contributed by atoms with van der Waals surface area (Å²) in [7, 11) is 1.84. The van der Waals surface area contributed by atoms with Gasteiger partial charge in [-0.1, -0.05) is 54.6 Å². The van der Waals surface area contributed by atoms with Gasteiger partial charge < -0.3 is 9.32 Å². The largest absolute Gasteiger partial charge is 0.467 e. The first-order valence-electron chi connectivity index (χ1n) is 9.57. The molecule has 5 nitrogen and oxygen atoms in total. The second-order valence-corrected chi connectivity index (χ2v) is 7.06. The van der Waals surface area contributed by atoms with Crippen LogP contribution in [0.5, 0.6) is 0 Å². The van der Waals surface area contributed by atoms with Gasteiger partial charge in [-0.15, -0.1) is 0 Å². The molecule has 2 aromatic carbocycles. The zero-order chi connectivity index (χ0) is 20.2. The third kappa shape index (κ3) is 4.14. The molecule has 4 aromatic rings. The van der Waals surface area contributed by atoms with E-state index in [9.17, 15) is 4.79 Å². The molecule has 2 heterocycles. The molecule has 29 heavy (non-hydrogen) atoms. The molecule has 0 saturated carbocycles. The van der Waals surface area contributed by atoms with Crippen LogP contribution in [0.2, 0.25) is 0 Å². The first kappa shape index (κ1) is 18.7. The zero-order valence-electron chi connectivity index (χ0n) is 16.6. The lowest BCUT2D eigenvalue weighted by atomic mass is 9.99. The van der Waals surface area contributed by atoms with Crippen LogP contribution in [0.1, 0.15) is 27.5 Å². The van der Waals surface area contributed by atoms with Crippen molar-refractivity contribution in [3.8, 4) is 11.1 Å². The predicted octanol–water partition coefficient (Wildman–Crippen LogP) is 4.83. The van der Waals surface area contributed by atoms with Gasteiger partial charge in [0.25, 0.3) is 5.91 Å². The maximum absolute atomic E-state index is 13.3. The standard InChI is InChI=1S/C24H23N3O2/c1-18-15-23(25-26(18)2)24(28)27(17-21-12-8-14-29-21)16-20-11-6-7-13-22(20)19-9-4-3-5-10-19/h3-15H,16-17H2,1-2H3. The monoisotopic (exact) mass is 385 g/mol. The summed E-state index contributed by atoms with van der Waals surface area (Å²) in [4.78, 5) is 15.1. The molecule has 0 N–H and O–H groups in total. The summed E-state index contributed by atoms with van der Waals surface area (Å²) in [5.74, 6) is 0.621. The Morgan fingerprint density at radius 3 is 2.45 bits per heavy atom. The summed E-state index contributed by atoms with van der Waals surface area (Å²) in [6, 6.07) is 23.9. The van der Waals surface area contributed by atoms with Crippen molar-refractivity contribution < 1.29 is 9.21 Å². The molecule has 0 saturated heterocycles. The van der Waals surface area contributed by atoms with Gasteiger partial charge in [0.2, 0.25) is 0 Å². The Labute approximate surface area is 170 Å². The van der Waals surface area contributed by atoms with Crippen molar-refractivity contribution in [2.45, 2.75) is 20.0 Å². The van der Waals surface area contributed by atoms with Gasteiger partial charge in [-0.25, -0.2) is 0 Å². The number of carbonyl (C=O) groups excluding carboxylic acids is 1. The molecule has 0 spiro atoms. The van der Waals surface area contributed by atoms with Gasteiger partial charge in [0.1, 0.15) is 5.76 Å². The number of hydrogen-bond acceptors (Lipinski definition) is 3. The van der Waals surface area contributed by atoms with E-state index in [4.69, 9.17) is 4.42 Å². The number of hydrogen-bond donors (Lipinski definition) is 0. The van der Waals surface area contributed by atoms with Crippen LogP contribution in [0.3, 0.4) is 0 Å². The van der Waals surface area contributed by atoms with Crippen LogP contribution >= 0.6 is 0 Å². The first-order valence-corrected chi connectivity index (χ1v) is 9.57. The summed E-state index contributed by atoms with van der Waals surface area (Å²) in [6.07, 6.45) is 1.63. The molecule has 1 amide bonds. The number of nitrogens with zero attached hydrogens (tertiary/aromatic N) is 3. The van der Waals surface area contributed by atoms with E-state index in [1.54, 1.807) is 15.8 Å². The van der Waals surface area contributed by atoms with E-state index in [-0.39, 0.29) is 5.91 Å². The molecule has 0 bridgehead atoms. The minimum absolute atomic E-state index is 0.118. The van der Waals surface area contributed by atoms with Crippen molar-refractivity contribution in [1.29, 1.82) is 0 Å². The molecule has 0 aliphatic rings. The summed E-state index contributed by atoms with van der Waals surface area (Å²) >= 11 is 0. The smallest absolute Gasteiger partial charge is 0.275 e. The maximum atomic E-state index is 13.3. The summed E-state index contributed by atoms with van der Waals surface area (Å²) < 4.78 is 7.23. The molecule has 5 heteroatoms. The Balaban J connectivity index is 1.68. The van der Waals surface area contributed by atoms with Crippen LogP contribution in [0.4, 0.5) is 0 Å². The van der Waals surface area contributed by atoms with Crippen molar-refractivity contribution in [1.82, 2.24) is 14.7 Å². The third-order valence-electron chi connectivity index (χ3n) is 5.01. The average Bonchev–Trinajstić information content (AvgIpc) is 3.38. The summed E-state index contributed by atoms with van der Waals surface area (Å²) in [6.45, 7) is 2.77. The topological polar surface area (TPSA) is 51.3 Å². The molecule has 0 radical (unpaired) electrons. The van der Waals surface area contributed by atoms with Gasteiger partial charge in [-0.2, -0.15) is 5.10 Å². The first-order chi connectivity index (χ1) is 14.1. The van der Waals surface area contributed by atoms with Gasteiger partial charge >= 0.3 is 0 Å². The lowest BCUT2D eigenvalue weighted by molar-refractivity contribution is 0.0711. The summed E-state index contributed by atoms with van der Waals surface area (Å²) in [5.41, 5.74) is 4.70. The van der Waals surface area contributed by atoms with Crippen molar-refractivity contribution in [3.63, 3.8) is 0 Å². The molecule has 146 valence electrons. The number of amides is 1. The Bertz CT molecular complexity index is 1080. The normalized spacial score (nSPS) is 10.8. The van der Waals surface area contributed by atoms with Crippen molar-refractivity contribution in [2.75, 3.05) is 0 Å². The van der Waals surface area contributed by atoms with Gasteiger partial charge in [0.05, 0.1) is 12.8 Å². The van der Waals surface area contributed by atoms with Gasteiger partial charge in [-0.05, 0) is 41.8 Å². The maximum Gasteiger partial charge on any atom is 0.275 e. The highest BCUT2D eigenvalue weighted by Crippen LogP contribution is 2.25. The van der Waals surface area contributed by atoms with Crippen LogP contribution in [0.25, 0.3) is 11.1 Å². The van der Waals surface area contributed by atoms with E-state index in [0.29, 0.717) is 18.8 Å². The molecular weight excluding hydrogens is 362 g/mol. The molecular formula is C24H23N3O2. The fourth-order valence-corrected chi connectivity index (χ4v) is 3.38. The van der Waals surface area contributed by atoms with Crippen LogP contribution in [-0.2, 0) is 20.1 Å². The molecule has 4 rings (SSSR count). The van der Waals surface area contributed by atoms with E-state index in [1.807, 2.05) is 62.5 Å². The lowest BCUT2D eigenvalue weighted by Crippen LogP contribution is -2.30.